The summed E-state index contributed by atoms with van der Waals surface area (Å²) in [4.78, 5) is 36.4. The van der Waals surface area contributed by atoms with Crippen LogP contribution in [0.15, 0.2) is 48.5 Å². The number of benzene rings is 2. The van der Waals surface area contributed by atoms with Gasteiger partial charge in [-0.15, -0.1) is 0 Å². The molecule has 0 spiro atoms. The van der Waals surface area contributed by atoms with Crippen molar-refractivity contribution >= 4 is 39.1 Å². The van der Waals surface area contributed by atoms with Gasteiger partial charge in [0.25, 0.3) is 5.91 Å². The largest absolute Gasteiger partial charge is 0.451 e. The van der Waals surface area contributed by atoms with Gasteiger partial charge >= 0.3 is 5.97 Å². The van der Waals surface area contributed by atoms with Crippen LogP contribution < -0.4 is 9.62 Å². The Balaban J connectivity index is 2.10. The molecule has 8 nitrogen and oxygen atoms in total. The van der Waals surface area contributed by atoms with E-state index in [0.29, 0.717) is 22.5 Å². The first-order chi connectivity index (χ1) is 14.0. The van der Waals surface area contributed by atoms with E-state index in [-0.39, 0.29) is 5.78 Å². The number of sulfonamides is 1. The second kappa shape index (κ2) is 9.53. The summed E-state index contributed by atoms with van der Waals surface area (Å²) in [5, 5.41) is 2.55. The molecule has 0 aromatic heterocycles. The van der Waals surface area contributed by atoms with Crippen molar-refractivity contribution < 1.29 is 27.5 Å². The van der Waals surface area contributed by atoms with Crippen LogP contribution in [-0.2, 0) is 24.3 Å². The first-order valence-corrected chi connectivity index (χ1v) is 11.0. The number of esters is 1. The number of anilines is 2. The maximum atomic E-state index is 12.4. The van der Waals surface area contributed by atoms with E-state index >= 15 is 0 Å². The zero-order valence-electron chi connectivity index (χ0n) is 17.2. The molecule has 1 N–H and O–H groups in total. The second-order valence-corrected chi connectivity index (χ2v) is 8.69. The Morgan fingerprint density at radius 1 is 1.07 bits per heavy atom. The van der Waals surface area contributed by atoms with Crippen molar-refractivity contribution in [1.82, 2.24) is 0 Å². The summed E-state index contributed by atoms with van der Waals surface area (Å²) in [7, 11) is -3.76. The van der Waals surface area contributed by atoms with Crippen LogP contribution in [0.3, 0.4) is 0 Å². The molecule has 0 saturated carbocycles. The predicted molar refractivity (Wildman–Crippen MR) is 114 cm³/mol. The molecule has 0 aliphatic rings. The normalized spacial score (nSPS) is 12.0. The fourth-order valence-corrected chi connectivity index (χ4v) is 3.67. The highest BCUT2D eigenvalue weighted by Gasteiger charge is 2.26. The van der Waals surface area contributed by atoms with E-state index in [1.165, 1.54) is 13.8 Å². The van der Waals surface area contributed by atoms with Crippen LogP contribution in [-0.4, -0.2) is 45.0 Å². The molecular weight excluding hydrogens is 408 g/mol. The maximum Gasteiger partial charge on any atom is 0.327 e. The topological polar surface area (TPSA) is 110 Å². The zero-order chi connectivity index (χ0) is 22.5. The summed E-state index contributed by atoms with van der Waals surface area (Å²) in [6, 6.07) is 13.2. The van der Waals surface area contributed by atoms with Crippen molar-refractivity contribution in [3.8, 4) is 0 Å². The molecule has 1 unspecified atom stereocenters. The van der Waals surface area contributed by atoms with Crippen molar-refractivity contribution in [2.75, 3.05) is 22.4 Å². The summed E-state index contributed by atoms with van der Waals surface area (Å²) >= 11 is 0. The minimum Gasteiger partial charge on any atom is -0.451 e. The number of nitrogens with one attached hydrogen (secondary N) is 1. The van der Waals surface area contributed by atoms with Crippen LogP contribution in [0.2, 0.25) is 0 Å². The van der Waals surface area contributed by atoms with Gasteiger partial charge in [-0.25, -0.2) is 8.42 Å². The Bertz CT molecular complexity index is 1060. The van der Waals surface area contributed by atoms with E-state index in [9.17, 15) is 22.8 Å². The number of para-hydroxylation sites is 2. The van der Waals surface area contributed by atoms with Gasteiger partial charge in [-0.05, 0) is 44.5 Å². The number of carbonyl (C=O) groups is 3. The molecule has 0 aliphatic carbocycles. The Labute approximate surface area is 175 Å². The number of hydrogen-bond acceptors (Lipinski definition) is 6. The SMILES string of the molecule is CC(=O)c1ccccc1NC(=O)C(C)OC(=O)CN(c1ccccc1C)S(C)(=O)=O. The van der Waals surface area contributed by atoms with Crippen molar-refractivity contribution in [3.63, 3.8) is 0 Å². The Morgan fingerprint density at radius 3 is 2.27 bits per heavy atom. The van der Waals surface area contributed by atoms with Crippen molar-refractivity contribution in [3.05, 3.63) is 59.7 Å². The van der Waals surface area contributed by atoms with Crippen molar-refractivity contribution in [2.45, 2.75) is 26.9 Å². The minimum atomic E-state index is -3.76. The molecule has 0 fully saturated rings. The molecule has 0 heterocycles. The third kappa shape index (κ3) is 5.90. The summed E-state index contributed by atoms with van der Waals surface area (Å²) in [5.74, 6) is -1.75. The fraction of sp³-hybridized carbons (Fsp3) is 0.286. The number of ketones is 1. The number of hydrogen-bond donors (Lipinski definition) is 1. The van der Waals surface area contributed by atoms with E-state index < -0.39 is 34.5 Å². The lowest BCUT2D eigenvalue weighted by molar-refractivity contribution is -0.151. The quantitative estimate of drug-likeness (QED) is 0.507. The third-order valence-corrected chi connectivity index (χ3v) is 5.43. The van der Waals surface area contributed by atoms with Gasteiger partial charge in [0.05, 0.1) is 17.6 Å². The summed E-state index contributed by atoms with van der Waals surface area (Å²) in [6.07, 6.45) is -0.211. The van der Waals surface area contributed by atoms with Gasteiger partial charge in [-0.2, -0.15) is 0 Å². The van der Waals surface area contributed by atoms with Crippen molar-refractivity contribution in [2.24, 2.45) is 0 Å². The number of nitrogens with zero attached hydrogens (tertiary/aromatic N) is 1. The van der Waals surface area contributed by atoms with Gasteiger partial charge in [-0.3, -0.25) is 18.7 Å². The second-order valence-electron chi connectivity index (χ2n) is 6.78. The van der Waals surface area contributed by atoms with Crippen LogP contribution in [0, 0.1) is 6.92 Å². The fourth-order valence-electron chi connectivity index (χ4n) is 2.76. The van der Waals surface area contributed by atoms with Gasteiger partial charge < -0.3 is 10.1 Å². The van der Waals surface area contributed by atoms with E-state index in [4.69, 9.17) is 4.74 Å². The van der Waals surface area contributed by atoms with Crippen LogP contribution in [0.1, 0.15) is 29.8 Å². The highest BCUT2D eigenvalue weighted by Crippen LogP contribution is 2.22. The number of ether oxygens (including phenoxy) is 1. The number of Topliss-reactive ketones (excluding diaryl/α,β-unsaturated/α-hetero) is 1. The number of amides is 1. The maximum absolute atomic E-state index is 12.4. The molecule has 2 aromatic rings. The molecule has 1 atom stereocenters. The molecule has 30 heavy (non-hydrogen) atoms. The zero-order valence-corrected chi connectivity index (χ0v) is 18.0. The molecule has 9 heteroatoms. The number of carbonyl (C=O) groups excluding carboxylic acids is 3. The summed E-state index contributed by atoms with van der Waals surface area (Å²) in [6.45, 7) is 3.88. The molecule has 2 rings (SSSR count). The average molecular weight is 432 g/mol. The average Bonchev–Trinajstić information content (AvgIpc) is 2.66. The Kier molecular flexibility index (Phi) is 7.33. The lowest BCUT2D eigenvalue weighted by Gasteiger charge is -2.24. The van der Waals surface area contributed by atoms with Crippen LogP contribution in [0.25, 0.3) is 0 Å². The van der Waals surface area contributed by atoms with E-state index in [2.05, 4.69) is 5.32 Å². The van der Waals surface area contributed by atoms with Gasteiger partial charge in [0.1, 0.15) is 6.54 Å². The standard InChI is InChI=1S/C21H24N2O6S/c1-14-9-5-8-12-19(14)23(30(4,27)28)13-20(25)29-16(3)21(26)22-18-11-7-6-10-17(18)15(2)24/h5-12,16H,13H2,1-4H3,(H,22,26). The van der Waals surface area contributed by atoms with E-state index in [1.54, 1.807) is 55.5 Å². The molecule has 0 saturated heterocycles. The minimum absolute atomic E-state index is 0.224. The van der Waals surface area contributed by atoms with Crippen LogP contribution in [0.4, 0.5) is 11.4 Å². The third-order valence-electron chi connectivity index (χ3n) is 4.30. The predicted octanol–water partition coefficient (Wildman–Crippen LogP) is 2.53. The highest BCUT2D eigenvalue weighted by atomic mass is 32.2. The van der Waals surface area contributed by atoms with Gasteiger partial charge in [0, 0.05) is 5.56 Å². The molecule has 1 amide bonds. The Hall–Kier alpha value is -3.20. The van der Waals surface area contributed by atoms with Gasteiger partial charge in [0.2, 0.25) is 10.0 Å². The van der Waals surface area contributed by atoms with E-state index in [1.807, 2.05) is 0 Å². The van der Waals surface area contributed by atoms with E-state index in [0.717, 1.165) is 10.6 Å². The summed E-state index contributed by atoms with van der Waals surface area (Å²) < 4.78 is 30.4. The monoisotopic (exact) mass is 432 g/mol. The first-order valence-electron chi connectivity index (χ1n) is 9.14. The van der Waals surface area contributed by atoms with Gasteiger partial charge in [-0.1, -0.05) is 30.3 Å². The molecule has 0 aliphatic heterocycles. The smallest absolute Gasteiger partial charge is 0.327 e. The Morgan fingerprint density at radius 2 is 1.67 bits per heavy atom. The molecule has 2 aromatic carbocycles. The molecule has 0 bridgehead atoms. The molecule has 160 valence electrons. The number of aryl methyl sites for hydroxylation is 1. The van der Waals surface area contributed by atoms with Crippen LogP contribution >= 0.6 is 0 Å². The lowest BCUT2D eigenvalue weighted by atomic mass is 10.1. The number of rotatable bonds is 8. The van der Waals surface area contributed by atoms with Gasteiger partial charge in [0.15, 0.2) is 11.9 Å². The lowest BCUT2D eigenvalue weighted by Crippen LogP contribution is -2.39. The molecule has 0 radical (unpaired) electrons. The summed E-state index contributed by atoms with van der Waals surface area (Å²) in [5.41, 5.74) is 1.65. The first kappa shape index (κ1) is 23.1. The highest BCUT2D eigenvalue weighted by molar-refractivity contribution is 7.92. The van der Waals surface area contributed by atoms with Crippen LogP contribution in [0.5, 0.6) is 0 Å². The van der Waals surface area contributed by atoms with Crippen molar-refractivity contribution in [1.29, 1.82) is 0 Å². The molecular formula is C21H24N2O6S.